The molecule has 0 saturated carbocycles. The number of amides is 5. The van der Waals surface area contributed by atoms with Gasteiger partial charge in [0.25, 0.3) is 5.91 Å². The highest BCUT2D eigenvalue weighted by atomic mass is 35.5. The molecule has 332 valence electrons. The summed E-state index contributed by atoms with van der Waals surface area (Å²) in [6.45, 7) is 12.3. The lowest BCUT2D eigenvalue weighted by atomic mass is 9.86. The Morgan fingerprint density at radius 1 is 0.903 bits per heavy atom. The maximum atomic E-state index is 14.6. The van der Waals surface area contributed by atoms with Crippen molar-refractivity contribution >= 4 is 35.5 Å². The van der Waals surface area contributed by atoms with Crippen molar-refractivity contribution in [3.05, 3.63) is 125 Å². The van der Waals surface area contributed by atoms with Gasteiger partial charge in [-0.05, 0) is 84.3 Å². The number of nitrogens with one attached hydrogen (secondary N) is 3. The van der Waals surface area contributed by atoms with Gasteiger partial charge in [0, 0.05) is 36.9 Å². The van der Waals surface area contributed by atoms with Crippen molar-refractivity contribution in [2.24, 2.45) is 11.3 Å². The molecule has 0 aliphatic carbocycles. The molecular formula is C47H60ClN7O7. The number of benzene rings is 3. The van der Waals surface area contributed by atoms with Crippen molar-refractivity contribution < 1.29 is 33.8 Å². The third-order valence-electron chi connectivity index (χ3n) is 10.9. The van der Waals surface area contributed by atoms with E-state index < -0.39 is 41.6 Å². The van der Waals surface area contributed by atoms with Gasteiger partial charge in [0.2, 0.25) is 5.91 Å². The molecule has 3 aromatic carbocycles. The van der Waals surface area contributed by atoms with Gasteiger partial charge in [0.15, 0.2) is 0 Å². The molecule has 0 radical (unpaired) electrons. The van der Waals surface area contributed by atoms with Crippen LogP contribution in [0.2, 0.25) is 5.02 Å². The number of hydrogen-bond donors (Lipinski definition) is 4. The molecule has 4 aromatic rings. The Labute approximate surface area is 369 Å². The van der Waals surface area contributed by atoms with Gasteiger partial charge in [-0.1, -0.05) is 101 Å². The maximum Gasteiger partial charge on any atom is 0.407 e. The van der Waals surface area contributed by atoms with Crippen LogP contribution >= 0.6 is 11.6 Å². The first kappa shape index (κ1) is 47.4. The van der Waals surface area contributed by atoms with Gasteiger partial charge in [-0.15, -0.1) is 0 Å². The number of aliphatic hydroxyl groups excluding tert-OH is 1. The molecule has 15 heteroatoms. The Morgan fingerprint density at radius 3 is 2.26 bits per heavy atom. The standard InChI is InChI=1S/C47H60ClN7O7/c1-8-31(2)41(55-25-24-53(46(55)60)29-36-18-12-14-32(3)49-36)43(57)50-39(27-33-15-10-9-11-16-33)40(56)30-54(52-44(58)42(47(4,5)6)51-45(59)61-7)28-34-17-13-19-38(26-34)62-37-22-20-35(48)21-23-37/h9-23,26,31,39-42,56H,8,24-25,27-30H2,1-7H3,(H,50,57)(H,51,59)(H,52,58)/t31-,39-,40-,41-,42+/m0/s1. The van der Waals surface area contributed by atoms with Crippen LogP contribution in [0.1, 0.15) is 63.6 Å². The number of aryl methyl sites for hydroxylation is 1. The molecule has 1 aliphatic rings. The first-order valence-corrected chi connectivity index (χ1v) is 21.3. The average Bonchev–Trinajstić information content (AvgIpc) is 3.58. The van der Waals surface area contributed by atoms with E-state index in [1.54, 1.807) is 45.1 Å². The van der Waals surface area contributed by atoms with Crippen LogP contribution in [0.3, 0.4) is 0 Å². The largest absolute Gasteiger partial charge is 0.457 e. The number of methoxy groups -OCH3 is 1. The second-order valence-corrected chi connectivity index (χ2v) is 17.3. The highest BCUT2D eigenvalue weighted by Crippen LogP contribution is 2.26. The average molecular weight is 870 g/mol. The van der Waals surface area contributed by atoms with Gasteiger partial charge >= 0.3 is 12.1 Å². The summed E-state index contributed by atoms with van der Waals surface area (Å²) in [5.74, 6) is -0.0220. The van der Waals surface area contributed by atoms with E-state index in [4.69, 9.17) is 21.1 Å². The number of hydrazine groups is 1. The zero-order chi connectivity index (χ0) is 45.0. The number of halogens is 1. The molecule has 1 aromatic heterocycles. The van der Waals surface area contributed by atoms with Gasteiger partial charge in [0.1, 0.15) is 23.6 Å². The summed E-state index contributed by atoms with van der Waals surface area (Å²) in [7, 11) is 1.22. The molecule has 0 bridgehead atoms. The number of aromatic nitrogens is 1. The predicted octanol–water partition coefficient (Wildman–Crippen LogP) is 6.88. The van der Waals surface area contributed by atoms with Crippen LogP contribution in [-0.2, 0) is 33.8 Å². The van der Waals surface area contributed by atoms with Gasteiger partial charge in [0.05, 0.1) is 31.5 Å². The van der Waals surface area contributed by atoms with E-state index in [9.17, 15) is 24.3 Å². The van der Waals surface area contributed by atoms with E-state index in [1.807, 2.05) is 108 Å². The number of carbonyl (C=O) groups excluding carboxylic acids is 4. The Kier molecular flexibility index (Phi) is 16.7. The van der Waals surface area contributed by atoms with Crippen LogP contribution in [0.5, 0.6) is 11.5 Å². The number of urea groups is 1. The first-order valence-electron chi connectivity index (χ1n) is 21.0. The lowest BCUT2D eigenvalue weighted by Crippen LogP contribution is -2.60. The highest BCUT2D eigenvalue weighted by molar-refractivity contribution is 6.30. The Morgan fingerprint density at radius 2 is 1.60 bits per heavy atom. The number of rotatable bonds is 19. The number of hydrogen-bond acceptors (Lipinski definition) is 9. The van der Waals surface area contributed by atoms with Gasteiger partial charge < -0.3 is 35.0 Å². The number of pyridine rings is 1. The fourth-order valence-corrected chi connectivity index (χ4v) is 7.51. The minimum atomic E-state index is -1.25. The topological polar surface area (TPSA) is 166 Å². The van der Waals surface area contributed by atoms with Crippen LogP contribution in [-0.4, -0.2) is 99.8 Å². The fraction of sp³-hybridized carbons (Fsp3) is 0.426. The Hall–Kier alpha value is -5.70. The number of aliphatic hydroxyl groups is 1. The van der Waals surface area contributed by atoms with E-state index in [0.29, 0.717) is 42.6 Å². The number of nitrogens with zero attached hydrogens (tertiary/aromatic N) is 4. The quantitative estimate of drug-likeness (QED) is 0.0736. The molecule has 62 heavy (non-hydrogen) atoms. The Bertz CT molecular complexity index is 2120. The zero-order valence-electron chi connectivity index (χ0n) is 36.6. The van der Waals surface area contributed by atoms with E-state index in [0.717, 1.165) is 22.5 Å². The summed E-state index contributed by atoms with van der Waals surface area (Å²) in [5.41, 5.74) is 5.43. The van der Waals surface area contributed by atoms with Crippen molar-refractivity contribution in [2.45, 2.75) is 91.7 Å². The van der Waals surface area contributed by atoms with E-state index >= 15 is 0 Å². The van der Waals surface area contributed by atoms with Crippen LogP contribution < -0.4 is 20.8 Å². The van der Waals surface area contributed by atoms with E-state index in [2.05, 4.69) is 21.0 Å². The van der Waals surface area contributed by atoms with Crippen molar-refractivity contribution in [3.63, 3.8) is 0 Å². The molecule has 4 N–H and O–H groups in total. The van der Waals surface area contributed by atoms with E-state index in [1.165, 1.54) is 7.11 Å². The summed E-state index contributed by atoms with van der Waals surface area (Å²) < 4.78 is 10.9. The van der Waals surface area contributed by atoms with Crippen molar-refractivity contribution in [1.29, 1.82) is 0 Å². The minimum absolute atomic E-state index is 0.102. The van der Waals surface area contributed by atoms with E-state index in [-0.39, 0.29) is 37.4 Å². The summed E-state index contributed by atoms with van der Waals surface area (Å²) >= 11 is 6.08. The lowest BCUT2D eigenvalue weighted by molar-refractivity contribution is -0.132. The van der Waals surface area contributed by atoms with Gasteiger partial charge in [-0.25, -0.2) is 14.6 Å². The normalized spacial score (nSPS) is 15.4. The number of ether oxygens (including phenoxy) is 2. The lowest BCUT2D eigenvalue weighted by Gasteiger charge is -2.36. The second-order valence-electron chi connectivity index (χ2n) is 16.9. The van der Waals surface area contributed by atoms with Crippen LogP contribution in [0.4, 0.5) is 9.59 Å². The highest BCUT2D eigenvalue weighted by Gasteiger charge is 2.41. The first-order chi connectivity index (χ1) is 29.5. The zero-order valence-corrected chi connectivity index (χ0v) is 37.4. The van der Waals surface area contributed by atoms with Crippen molar-refractivity contribution in [2.75, 3.05) is 26.7 Å². The molecule has 0 unspecified atom stereocenters. The summed E-state index contributed by atoms with van der Waals surface area (Å²) in [6.07, 6.45) is -1.14. The maximum absolute atomic E-state index is 14.6. The molecule has 1 fully saturated rings. The molecule has 5 rings (SSSR count). The minimum Gasteiger partial charge on any atom is -0.457 e. The van der Waals surface area contributed by atoms with Crippen LogP contribution in [0, 0.1) is 18.3 Å². The second kappa shape index (κ2) is 21.9. The predicted molar refractivity (Wildman–Crippen MR) is 238 cm³/mol. The molecule has 5 amide bonds. The summed E-state index contributed by atoms with van der Waals surface area (Å²) in [6, 6.07) is 26.5. The molecule has 1 saturated heterocycles. The van der Waals surface area contributed by atoms with Gasteiger partial charge in [-0.3, -0.25) is 20.0 Å². The monoisotopic (exact) mass is 869 g/mol. The van der Waals surface area contributed by atoms with Crippen molar-refractivity contribution in [3.8, 4) is 11.5 Å². The Balaban J connectivity index is 1.42. The summed E-state index contributed by atoms with van der Waals surface area (Å²) in [4.78, 5) is 62.9. The van der Waals surface area contributed by atoms with Gasteiger partial charge in [-0.2, -0.15) is 0 Å². The number of alkyl carbamates (subject to hydrolysis) is 1. The SMILES string of the molecule is CC[C@H](C)[C@@H](C(=O)N[C@@H](Cc1ccccc1)[C@@H](O)CN(Cc1cccc(Oc2ccc(Cl)cc2)c1)NC(=O)[C@@H](NC(=O)OC)C(C)(C)C)N1CCN(Cc2cccc(C)n2)C1=O. The molecular weight excluding hydrogens is 810 g/mol. The molecule has 14 nitrogen and oxygen atoms in total. The smallest absolute Gasteiger partial charge is 0.407 e. The van der Waals surface area contributed by atoms with Crippen molar-refractivity contribution in [1.82, 2.24) is 35.9 Å². The fourth-order valence-electron chi connectivity index (χ4n) is 7.38. The third-order valence-corrected chi connectivity index (χ3v) is 11.1. The number of carbonyl (C=O) groups is 4. The summed E-state index contributed by atoms with van der Waals surface area (Å²) in [5, 5.41) is 20.1. The van der Waals surface area contributed by atoms with Crippen LogP contribution in [0.15, 0.2) is 97.1 Å². The molecule has 2 heterocycles. The van der Waals surface area contributed by atoms with Crippen LogP contribution in [0.25, 0.3) is 0 Å². The molecule has 0 spiro atoms. The molecule has 1 aliphatic heterocycles. The third kappa shape index (κ3) is 13.4. The molecule has 5 atom stereocenters.